The van der Waals surface area contributed by atoms with Crippen molar-refractivity contribution in [2.45, 2.75) is 6.92 Å². The van der Waals surface area contributed by atoms with Crippen LogP contribution in [0.25, 0.3) is 11.3 Å². The normalized spacial score (nSPS) is 10.7. The number of aromatic nitrogens is 3. The summed E-state index contributed by atoms with van der Waals surface area (Å²) >= 11 is 0. The molecule has 1 N–H and O–H groups in total. The largest absolute Gasteiger partial charge is 0.383 e. The van der Waals surface area contributed by atoms with Gasteiger partial charge in [-0.1, -0.05) is 6.07 Å². The van der Waals surface area contributed by atoms with Crippen molar-refractivity contribution in [2.24, 2.45) is 0 Å². The van der Waals surface area contributed by atoms with Crippen molar-refractivity contribution in [3.8, 4) is 11.3 Å². The Morgan fingerprint density at radius 2 is 1.84 bits per heavy atom. The van der Waals surface area contributed by atoms with E-state index in [0.717, 1.165) is 22.5 Å². The van der Waals surface area contributed by atoms with Crippen LogP contribution in [0.1, 0.15) is 15.9 Å². The van der Waals surface area contributed by atoms with E-state index < -0.39 is 0 Å². The fourth-order valence-electron chi connectivity index (χ4n) is 3.00. The van der Waals surface area contributed by atoms with E-state index in [1.165, 1.54) is 0 Å². The van der Waals surface area contributed by atoms with Crippen molar-refractivity contribution < 1.29 is 14.3 Å². The molecule has 3 aromatic rings. The van der Waals surface area contributed by atoms with Crippen LogP contribution >= 0.6 is 0 Å². The van der Waals surface area contributed by atoms with Gasteiger partial charge in [-0.2, -0.15) is 0 Å². The number of nitrogens with zero attached hydrogens (tertiary/aromatic N) is 4. The zero-order valence-electron chi connectivity index (χ0n) is 18.0. The molecule has 0 fully saturated rings. The van der Waals surface area contributed by atoms with Crippen LogP contribution in [-0.4, -0.2) is 66.3 Å². The fourth-order valence-corrected chi connectivity index (χ4v) is 3.00. The van der Waals surface area contributed by atoms with Crippen molar-refractivity contribution in [3.05, 3.63) is 66.1 Å². The molecular formula is C23H27N5O3. The zero-order chi connectivity index (χ0) is 22.1. The van der Waals surface area contributed by atoms with Gasteiger partial charge in [0, 0.05) is 62.7 Å². The molecule has 0 atom stereocenters. The first-order chi connectivity index (χ1) is 15.1. The molecule has 0 radical (unpaired) electrons. The highest BCUT2D eigenvalue weighted by Gasteiger charge is 2.17. The second-order valence-corrected chi connectivity index (χ2v) is 6.94. The topological polar surface area (TPSA) is 89.5 Å². The molecule has 0 aliphatic rings. The van der Waals surface area contributed by atoms with E-state index >= 15 is 0 Å². The lowest BCUT2D eigenvalue weighted by molar-refractivity contribution is 0.0627. The Kier molecular flexibility index (Phi) is 8.03. The van der Waals surface area contributed by atoms with Gasteiger partial charge in [0.05, 0.1) is 18.9 Å². The summed E-state index contributed by atoms with van der Waals surface area (Å²) in [5.41, 5.74) is 3.99. The molecule has 0 saturated carbocycles. The fraction of sp³-hybridized carbons (Fsp3) is 0.304. The van der Waals surface area contributed by atoms with Crippen LogP contribution in [0.4, 0.5) is 11.6 Å². The first kappa shape index (κ1) is 22.3. The van der Waals surface area contributed by atoms with Crippen LogP contribution in [0, 0.1) is 6.92 Å². The molecule has 0 aliphatic carbocycles. The van der Waals surface area contributed by atoms with Crippen molar-refractivity contribution in [1.82, 2.24) is 19.9 Å². The number of hydrogen-bond acceptors (Lipinski definition) is 7. The lowest BCUT2D eigenvalue weighted by Gasteiger charge is -2.22. The molecule has 2 aromatic heterocycles. The third-order valence-corrected chi connectivity index (χ3v) is 4.76. The molecule has 0 bridgehead atoms. The van der Waals surface area contributed by atoms with Crippen molar-refractivity contribution in [3.63, 3.8) is 0 Å². The summed E-state index contributed by atoms with van der Waals surface area (Å²) in [6.07, 6.45) is 5.17. The molecule has 3 rings (SSSR count). The predicted molar refractivity (Wildman–Crippen MR) is 119 cm³/mol. The van der Waals surface area contributed by atoms with E-state index in [9.17, 15) is 4.79 Å². The third kappa shape index (κ3) is 6.07. The van der Waals surface area contributed by atoms with E-state index in [4.69, 9.17) is 9.47 Å². The van der Waals surface area contributed by atoms with Crippen molar-refractivity contribution in [2.75, 3.05) is 45.8 Å². The van der Waals surface area contributed by atoms with Gasteiger partial charge in [0.2, 0.25) is 5.95 Å². The van der Waals surface area contributed by atoms with E-state index in [-0.39, 0.29) is 5.91 Å². The summed E-state index contributed by atoms with van der Waals surface area (Å²) < 4.78 is 10.3. The highest BCUT2D eigenvalue weighted by Crippen LogP contribution is 2.23. The number of anilines is 2. The van der Waals surface area contributed by atoms with Gasteiger partial charge < -0.3 is 19.7 Å². The van der Waals surface area contributed by atoms with E-state index in [1.807, 2.05) is 43.3 Å². The maximum absolute atomic E-state index is 13.1. The molecule has 8 heteroatoms. The van der Waals surface area contributed by atoms with E-state index in [1.54, 1.807) is 37.7 Å². The molecule has 1 aromatic carbocycles. The van der Waals surface area contributed by atoms with Gasteiger partial charge in [0.25, 0.3) is 5.91 Å². The van der Waals surface area contributed by atoms with Crippen molar-refractivity contribution >= 4 is 17.5 Å². The SMILES string of the molecule is COCCN(CCOC)C(=O)c1ccc(C)c(Nc2nccc(-c3cccnc3)n2)c1. The number of pyridine rings is 1. The molecule has 0 aliphatic heterocycles. The van der Waals surface area contributed by atoms with Gasteiger partial charge in [0.15, 0.2) is 0 Å². The van der Waals surface area contributed by atoms with Gasteiger partial charge in [-0.15, -0.1) is 0 Å². The first-order valence-corrected chi connectivity index (χ1v) is 10.0. The molecule has 1 amide bonds. The smallest absolute Gasteiger partial charge is 0.254 e. The summed E-state index contributed by atoms with van der Waals surface area (Å²) in [4.78, 5) is 27.8. The van der Waals surface area contributed by atoms with Crippen molar-refractivity contribution in [1.29, 1.82) is 0 Å². The molecule has 162 valence electrons. The minimum Gasteiger partial charge on any atom is -0.383 e. The first-order valence-electron chi connectivity index (χ1n) is 10.0. The molecule has 0 spiro atoms. The number of rotatable bonds is 10. The minimum absolute atomic E-state index is 0.0813. The second-order valence-electron chi connectivity index (χ2n) is 6.94. The highest BCUT2D eigenvalue weighted by molar-refractivity contribution is 5.95. The van der Waals surface area contributed by atoms with Crippen LogP contribution in [-0.2, 0) is 9.47 Å². The lowest BCUT2D eigenvalue weighted by Crippen LogP contribution is -2.36. The Labute approximate surface area is 182 Å². The van der Waals surface area contributed by atoms with Gasteiger partial charge in [-0.25, -0.2) is 9.97 Å². The number of carbonyl (C=O) groups is 1. The maximum atomic E-state index is 13.1. The number of ether oxygens (including phenoxy) is 2. The molecule has 2 heterocycles. The zero-order valence-corrected chi connectivity index (χ0v) is 18.0. The Hall–Kier alpha value is -3.36. The molecule has 0 unspecified atom stereocenters. The summed E-state index contributed by atoms with van der Waals surface area (Å²) in [6.45, 7) is 3.87. The number of nitrogens with one attached hydrogen (secondary N) is 1. The molecule has 0 saturated heterocycles. The molecular weight excluding hydrogens is 394 g/mol. The third-order valence-electron chi connectivity index (χ3n) is 4.76. The Morgan fingerprint density at radius 3 is 2.52 bits per heavy atom. The summed E-state index contributed by atoms with van der Waals surface area (Å²) in [5.74, 6) is 0.367. The van der Waals surface area contributed by atoms with Gasteiger partial charge >= 0.3 is 0 Å². The van der Waals surface area contributed by atoms with Crippen LogP contribution in [0.15, 0.2) is 55.0 Å². The van der Waals surface area contributed by atoms with E-state index in [2.05, 4.69) is 20.3 Å². The number of aryl methyl sites for hydroxylation is 1. The number of carbonyl (C=O) groups excluding carboxylic acids is 1. The van der Waals surface area contributed by atoms with Crippen LogP contribution in [0.3, 0.4) is 0 Å². The second kappa shape index (κ2) is 11.1. The highest BCUT2D eigenvalue weighted by atomic mass is 16.5. The predicted octanol–water partition coefficient (Wildman–Crippen LogP) is 3.33. The van der Waals surface area contributed by atoms with Crippen LogP contribution in [0.2, 0.25) is 0 Å². The number of methoxy groups -OCH3 is 2. The maximum Gasteiger partial charge on any atom is 0.254 e. The average Bonchev–Trinajstić information content (AvgIpc) is 2.81. The van der Waals surface area contributed by atoms with E-state index in [0.29, 0.717) is 37.8 Å². The Balaban J connectivity index is 1.82. The van der Waals surface area contributed by atoms with Gasteiger partial charge in [-0.3, -0.25) is 9.78 Å². The minimum atomic E-state index is -0.0813. The summed E-state index contributed by atoms with van der Waals surface area (Å²) in [7, 11) is 3.24. The van der Waals surface area contributed by atoms with Crippen LogP contribution < -0.4 is 5.32 Å². The number of amides is 1. The number of benzene rings is 1. The average molecular weight is 422 g/mol. The quantitative estimate of drug-likeness (QED) is 0.537. The lowest BCUT2D eigenvalue weighted by atomic mass is 10.1. The molecule has 8 nitrogen and oxygen atoms in total. The molecule has 31 heavy (non-hydrogen) atoms. The summed E-state index contributed by atoms with van der Waals surface area (Å²) in [6, 6.07) is 11.2. The monoisotopic (exact) mass is 421 g/mol. The van der Waals surface area contributed by atoms with Gasteiger partial charge in [0.1, 0.15) is 0 Å². The number of hydrogen-bond donors (Lipinski definition) is 1. The summed E-state index contributed by atoms with van der Waals surface area (Å²) in [5, 5.41) is 3.24. The Morgan fingerprint density at radius 1 is 1.06 bits per heavy atom. The van der Waals surface area contributed by atoms with Crippen LogP contribution in [0.5, 0.6) is 0 Å². The Bertz CT molecular complexity index is 990. The van der Waals surface area contributed by atoms with Gasteiger partial charge in [-0.05, 0) is 42.8 Å². The standard InChI is InChI=1S/C23H27N5O3/c1-17-6-7-18(22(29)28(11-13-30-2)12-14-31-3)15-21(17)27-23-25-10-8-20(26-23)19-5-4-9-24-16-19/h4-10,15-16H,11-14H2,1-3H3,(H,25,26,27).